The van der Waals surface area contributed by atoms with Crippen LogP contribution in [0.2, 0.25) is 0 Å². The highest BCUT2D eigenvalue weighted by atomic mass is 16.3. The van der Waals surface area contributed by atoms with Gasteiger partial charge in [-0.25, -0.2) is 0 Å². The molecule has 0 bridgehead atoms. The van der Waals surface area contributed by atoms with Gasteiger partial charge in [0.05, 0.1) is 6.10 Å². The Morgan fingerprint density at radius 2 is 1.95 bits per heavy atom. The monoisotopic (exact) mass is 280 g/mol. The predicted octanol–water partition coefficient (Wildman–Crippen LogP) is 3.47. The molecule has 0 radical (unpaired) electrons. The second-order valence-electron chi connectivity index (χ2n) is 5.03. The van der Waals surface area contributed by atoms with E-state index < -0.39 is 6.10 Å². The van der Waals surface area contributed by atoms with Crippen LogP contribution in [0.1, 0.15) is 29.1 Å². The molecule has 0 aliphatic heterocycles. The number of amides is 1. The number of hydrogen-bond acceptors (Lipinski definition) is 2. The molecule has 3 N–H and O–H groups in total. The number of nitrogens with one attached hydrogen (secondary N) is 2. The number of fused-ring (bicyclic) bond motifs is 1. The van der Waals surface area contributed by atoms with E-state index in [0.717, 1.165) is 16.5 Å². The van der Waals surface area contributed by atoms with Gasteiger partial charge in [-0.05, 0) is 36.8 Å². The number of aromatic amines is 1. The van der Waals surface area contributed by atoms with E-state index in [0.29, 0.717) is 11.4 Å². The summed E-state index contributed by atoms with van der Waals surface area (Å²) < 4.78 is 0. The van der Waals surface area contributed by atoms with Gasteiger partial charge in [0, 0.05) is 16.6 Å². The van der Waals surface area contributed by atoms with Gasteiger partial charge in [-0.15, -0.1) is 0 Å². The summed E-state index contributed by atoms with van der Waals surface area (Å²) in [4.78, 5) is 15.4. The Hall–Kier alpha value is -2.59. The lowest BCUT2D eigenvalue weighted by Gasteiger charge is -2.08. The Balaban J connectivity index is 1.84. The van der Waals surface area contributed by atoms with Crippen molar-refractivity contribution in [3.63, 3.8) is 0 Å². The molecule has 4 heteroatoms. The first-order valence-corrected chi connectivity index (χ1v) is 6.80. The highest BCUT2D eigenvalue weighted by Gasteiger charge is 2.10. The van der Waals surface area contributed by atoms with Crippen LogP contribution >= 0.6 is 0 Å². The smallest absolute Gasteiger partial charge is 0.272 e. The first-order valence-electron chi connectivity index (χ1n) is 6.80. The average Bonchev–Trinajstić information content (AvgIpc) is 2.91. The Bertz CT molecular complexity index is 757. The summed E-state index contributed by atoms with van der Waals surface area (Å²) in [5.74, 6) is -0.200. The molecule has 4 nitrogen and oxygen atoms in total. The molecular formula is C17H16N2O2. The van der Waals surface area contributed by atoms with Gasteiger partial charge in [-0.3, -0.25) is 4.79 Å². The number of para-hydroxylation sites is 1. The van der Waals surface area contributed by atoms with Crippen LogP contribution in [0.15, 0.2) is 54.6 Å². The maximum Gasteiger partial charge on any atom is 0.272 e. The SMILES string of the molecule is CC(O)c1cccc(NC(=O)c2cc3ccccc3[nH]2)c1. The molecule has 0 fully saturated rings. The summed E-state index contributed by atoms with van der Waals surface area (Å²) in [5.41, 5.74) is 2.88. The van der Waals surface area contributed by atoms with Crippen molar-refractivity contribution in [2.24, 2.45) is 0 Å². The molecule has 1 amide bonds. The number of aliphatic hydroxyl groups is 1. The molecule has 0 aliphatic carbocycles. The maximum absolute atomic E-state index is 12.3. The number of aromatic nitrogens is 1. The summed E-state index contributed by atoms with van der Waals surface area (Å²) in [6.07, 6.45) is -0.560. The van der Waals surface area contributed by atoms with Crippen molar-refractivity contribution in [2.45, 2.75) is 13.0 Å². The quantitative estimate of drug-likeness (QED) is 0.687. The van der Waals surface area contributed by atoms with Crippen LogP contribution in [-0.4, -0.2) is 16.0 Å². The molecule has 1 aromatic heterocycles. The largest absolute Gasteiger partial charge is 0.389 e. The van der Waals surface area contributed by atoms with Crippen LogP contribution in [0, 0.1) is 0 Å². The summed E-state index contributed by atoms with van der Waals surface area (Å²) in [6, 6.07) is 16.8. The van der Waals surface area contributed by atoms with Crippen molar-refractivity contribution in [1.29, 1.82) is 0 Å². The molecule has 0 saturated heterocycles. The number of H-pyrrole nitrogens is 1. The maximum atomic E-state index is 12.3. The Labute approximate surface area is 122 Å². The van der Waals surface area contributed by atoms with Crippen molar-refractivity contribution in [1.82, 2.24) is 4.98 Å². The number of anilines is 1. The van der Waals surface area contributed by atoms with Crippen LogP contribution in [0.4, 0.5) is 5.69 Å². The molecule has 1 heterocycles. The highest BCUT2D eigenvalue weighted by molar-refractivity contribution is 6.05. The number of rotatable bonds is 3. The molecule has 0 saturated carbocycles. The summed E-state index contributed by atoms with van der Waals surface area (Å²) in [7, 11) is 0. The molecule has 1 atom stereocenters. The lowest BCUT2D eigenvalue weighted by molar-refractivity contribution is 0.102. The zero-order valence-corrected chi connectivity index (χ0v) is 11.6. The zero-order chi connectivity index (χ0) is 14.8. The van der Waals surface area contributed by atoms with E-state index in [1.54, 1.807) is 19.1 Å². The van der Waals surface area contributed by atoms with E-state index >= 15 is 0 Å². The van der Waals surface area contributed by atoms with Gasteiger partial charge in [0.2, 0.25) is 0 Å². The summed E-state index contributed by atoms with van der Waals surface area (Å²) in [5, 5.41) is 13.4. The third-order valence-electron chi connectivity index (χ3n) is 3.40. The molecule has 3 aromatic rings. The third kappa shape index (κ3) is 2.80. The van der Waals surface area contributed by atoms with Crippen molar-refractivity contribution in [3.8, 4) is 0 Å². The van der Waals surface area contributed by atoms with Gasteiger partial charge < -0.3 is 15.4 Å². The lowest BCUT2D eigenvalue weighted by atomic mass is 10.1. The number of hydrogen-bond donors (Lipinski definition) is 3. The molecule has 1 unspecified atom stereocenters. The van der Waals surface area contributed by atoms with Gasteiger partial charge in [0.15, 0.2) is 0 Å². The average molecular weight is 280 g/mol. The number of carbonyl (C=O) groups is 1. The Morgan fingerprint density at radius 1 is 1.14 bits per heavy atom. The first-order chi connectivity index (χ1) is 10.1. The van der Waals surface area contributed by atoms with E-state index in [2.05, 4.69) is 10.3 Å². The zero-order valence-electron chi connectivity index (χ0n) is 11.6. The minimum atomic E-state index is -0.560. The van der Waals surface area contributed by atoms with Crippen LogP contribution in [0.5, 0.6) is 0 Å². The van der Waals surface area contributed by atoms with Gasteiger partial charge in [0.1, 0.15) is 5.69 Å². The minimum absolute atomic E-state index is 0.200. The molecule has 21 heavy (non-hydrogen) atoms. The number of carbonyl (C=O) groups excluding carboxylic acids is 1. The molecular weight excluding hydrogens is 264 g/mol. The standard InChI is InChI=1S/C17H16N2O2/c1-11(20)12-6-4-7-14(9-12)18-17(21)16-10-13-5-2-3-8-15(13)19-16/h2-11,19-20H,1H3,(H,18,21). The number of aliphatic hydroxyl groups excluding tert-OH is 1. The Morgan fingerprint density at radius 3 is 2.71 bits per heavy atom. The van der Waals surface area contributed by atoms with Crippen molar-refractivity contribution < 1.29 is 9.90 Å². The minimum Gasteiger partial charge on any atom is -0.389 e. The van der Waals surface area contributed by atoms with Gasteiger partial charge in [-0.1, -0.05) is 30.3 Å². The topological polar surface area (TPSA) is 65.1 Å². The molecule has 0 spiro atoms. The fraction of sp³-hybridized carbons (Fsp3) is 0.118. The van der Waals surface area contributed by atoms with Gasteiger partial charge in [-0.2, -0.15) is 0 Å². The molecule has 2 aromatic carbocycles. The van der Waals surface area contributed by atoms with E-state index in [9.17, 15) is 9.90 Å². The van der Waals surface area contributed by atoms with E-state index in [1.165, 1.54) is 0 Å². The fourth-order valence-electron chi connectivity index (χ4n) is 2.27. The van der Waals surface area contributed by atoms with Crippen LogP contribution in [-0.2, 0) is 0 Å². The van der Waals surface area contributed by atoms with Gasteiger partial charge in [0.25, 0.3) is 5.91 Å². The predicted molar refractivity (Wildman–Crippen MR) is 83.3 cm³/mol. The van der Waals surface area contributed by atoms with Crippen LogP contribution < -0.4 is 5.32 Å². The normalized spacial score (nSPS) is 12.3. The van der Waals surface area contributed by atoms with E-state index in [4.69, 9.17) is 0 Å². The lowest BCUT2D eigenvalue weighted by Crippen LogP contribution is -2.12. The second-order valence-corrected chi connectivity index (χ2v) is 5.03. The fourth-order valence-corrected chi connectivity index (χ4v) is 2.27. The number of benzene rings is 2. The highest BCUT2D eigenvalue weighted by Crippen LogP contribution is 2.19. The van der Waals surface area contributed by atoms with Crippen molar-refractivity contribution in [3.05, 3.63) is 65.9 Å². The van der Waals surface area contributed by atoms with Crippen LogP contribution in [0.3, 0.4) is 0 Å². The molecule has 106 valence electrons. The Kier molecular flexibility index (Phi) is 3.46. The summed E-state index contributed by atoms with van der Waals surface area (Å²) in [6.45, 7) is 1.69. The van der Waals surface area contributed by atoms with E-state index in [-0.39, 0.29) is 5.91 Å². The molecule has 3 rings (SSSR count). The van der Waals surface area contributed by atoms with E-state index in [1.807, 2.05) is 42.5 Å². The molecule has 0 aliphatic rings. The van der Waals surface area contributed by atoms with Crippen molar-refractivity contribution >= 4 is 22.5 Å². The third-order valence-corrected chi connectivity index (χ3v) is 3.40. The first kappa shape index (κ1) is 13.4. The summed E-state index contributed by atoms with van der Waals surface area (Å²) >= 11 is 0. The van der Waals surface area contributed by atoms with Crippen LogP contribution in [0.25, 0.3) is 10.9 Å². The van der Waals surface area contributed by atoms with Gasteiger partial charge >= 0.3 is 0 Å². The van der Waals surface area contributed by atoms with Crippen molar-refractivity contribution in [2.75, 3.05) is 5.32 Å². The second kappa shape index (κ2) is 5.42.